The van der Waals surface area contributed by atoms with Crippen molar-refractivity contribution in [2.45, 2.75) is 38.3 Å². The van der Waals surface area contributed by atoms with Gasteiger partial charge in [0.05, 0.1) is 0 Å². The molecule has 0 aromatic carbocycles. The third-order valence-corrected chi connectivity index (χ3v) is 1.97. The molecule has 4 nitrogen and oxygen atoms in total. The molecule has 0 saturated heterocycles. The number of hydrogen-bond acceptors (Lipinski definition) is 2. The van der Waals surface area contributed by atoms with Crippen molar-refractivity contribution in [3.05, 3.63) is 5.92 Å². The molecule has 1 fully saturated rings. The average molecular weight is 358 g/mol. The molecule has 0 unspecified atom stereocenters. The Labute approximate surface area is 88.0 Å². The van der Waals surface area contributed by atoms with Crippen LogP contribution in [0, 0.1) is 5.92 Å². The van der Waals surface area contributed by atoms with E-state index in [0.717, 1.165) is 12.8 Å². The van der Waals surface area contributed by atoms with Gasteiger partial charge in [-0.15, -0.1) is 0 Å². The van der Waals surface area contributed by atoms with Crippen LogP contribution in [0.2, 0.25) is 0 Å². The second-order valence-corrected chi connectivity index (χ2v) is 2.74. The van der Waals surface area contributed by atoms with Crippen LogP contribution in [-0.4, -0.2) is 17.1 Å². The Hall–Kier alpha value is 0.528. The molecule has 0 spiro atoms. The summed E-state index contributed by atoms with van der Waals surface area (Å²) >= 11 is 0. The molecule has 0 aromatic rings. The van der Waals surface area contributed by atoms with Crippen molar-refractivity contribution in [3.8, 4) is 0 Å². The molecular weight excluding hydrogens is 339 g/mol. The molecule has 0 bridgehead atoms. The summed E-state index contributed by atoms with van der Waals surface area (Å²) in [6.45, 7) is 0. The van der Waals surface area contributed by atoms with Crippen LogP contribution in [0.3, 0.4) is 0 Å². The van der Waals surface area contributed by atoms with Crippen LogP contribution in [-0.2, 0) is 21.1 Å². The first-order chi connectivity index (χ1) is 4.30. The topological polar surface area (TPSA) is 115 Å². The predicted octanol–water partition coefficient (Wildman–Crippen LogP) is -0.883. The van der Waals surface area contributed by atoms with Crippen LogP contribution in [0.15, 0.2) is 0 Å². The van der Waals surface area contributed by atoms with Gasteiger partial charge in [-0.05, 0) is 0 Å². The van der Waals surface area contributed by atoms with Gasteiger partial charge in [-0.1, -0.05) is 25.4 Å². The van der Waals surface area contributed by atoms with Gasteiger partial charge in [0.25, 0.3) is 0 Å². The fourth-order valence-corrected chi connectivity index (χ4v) is 1.34. The van der Waals surface area contributed by atoms with E-state index in [1.54, 1.807) is 0 Å². The monoisotopic (exact) mass is 358 g/mol. The Kier molecular flexibility index (Phi) is 14.7. The number of nitrogens with two attached hydrogens (primary N) is 2. The maximum atomic E-state index is 5.51. The largest absolute Gasteiger partial charge is 0.412 e. The Morgan fingerprint density at radius 1 is 0.917 bits per heavy atom. The zero-order valence-electron chi connectivity index (χ0n) is 7.08. The van der Waals surface area contributed by atoms with E-state index in [2.05, 4.69) is 0 Å². The van der Waals surface area contributed by atoms with Gasteiger partial charge in [-0.3, -0.25) is 5.92 Å². The Morgan fingerprint density at radius 2 is 1.33 bits per heavy atom. The third kappa shape index (κ3) is 6.09. The van der Waals surface area contributed by atoms with Gasteiger partial charge in [0, 0.05) is 21.1 Å². The molecule has 5 heteroatoms. The van der Waals surface area contributed by atoms with Gasteiger partial charge in [0.2, 0.25) is 0 Å². The SMILES string of the molecule is NC(N)[C-]1CCCCC1.O.O.[Pt]. The smallest absolute Gasteiger partial charge is 0 e. The molecule has 0 radical (unpaired) electrons. The van der Waals surface area contributed by atoms with Crippen molar-refractivity contribution in [2.24, 2.45) is 11.5 Å². The van der Waals surface area contributed by atoms with Crippen molar-refractivity contribution in [3.63, 3.8) is 0 Å². The van der Waals surface area contributed by atoms with Crippen molar-refractivity contribution in [1.82, 2.24) is 0 Å². The Balaban J connectivity index is -0.000000270. The zero-order valence-corrected chi connectivity index (χ0v) is 9.36. The Bertz CT molecular complexity index is 87.5. The molecule has 0 aliphatic heterocycles. The molecule has 12 heavy (non-hydrogen) atoms. The maximum Gasteiger partial charge on any atom is 0 e. The van der Waals surface area contributed by atoms with Crippen LogP contribution in [0.5, 0.6) is 0 Å². The van der Waals surface area contributed by atoms with Gasteiger partial charge < -0.3 is 22.4 Å². The van der Waals surface area contributed by atoms with Gasteiger partial charge >= 0.3 is 0 Å². The van der Waals surface area contributed by atoms with Crippen molar-refractivity contribution in [1.29, 1.82) is 0 Å². The minimum absolute atomic E-state index is 0. The number of hydrogen-bond donors (Lipinski definition) is 2. The standard InChI is InChI=1S/C7H15N2.2H2O.Pt/c8-7(9)6-4-2-1-3-5-6;;;/h7H,1-5,8-9H2;2*1H2;/q-1;;;. The molecule has 1 aliphatic rings. The fourth-order valence-electron chi connectivity index (χ4n) is 1.34. The van der Waals surface area contributed by atoms with Crippen molar-refractivity contribution in [2.75, 3.05) is 0 Å². The van der Waals surface area contributed by atoms with Crippen LogP contribution in [0.4, 0.5) is 0 Å². The van der Waals surface area contributed by atoms with Gasteiger partial charge in [-0.25, -0.2) is 0 Å². The quantitative estimate of drug-likeness (QED) is 0.468. The summed E-state index contributed by atoms with van der Waals surface area (Å²) in [4.78, 5) is 0. The molecule has 8 N–H and O–H groups in total. The first-order valence-electron chi connectivity index (χ1n) is 3.66. The summed E-state index contributed by atoms with van der Waals surface area (Å²) in [5.74, 6) is 1.36. The Morgan fingerprint density at radius 3 is 1.58 bits per heavy atom. The van der Waals surface area contributed by atoms with E-state index < -0.39 is 0 Å². The summed E-state index contributed by atoms with van der Waals surface area (Å²) in [5, 5.41) is 0. The molecule has 1 aliphatic carbocycles. The van der Waals surface area contributed by atoms with Crippen LogP contribution < -0.4 is 11.5 Å². The van der Waals surface area contributed by atoms with Gasteiger partial charge in [0.1, 0.15) is 0 Å². The zero-order chi connectivity index (χ0) is 6.69. The van der Waals surface area contributed by atoms with E-state index in [9.17, 15) is 0 Å². The molecule has 0 aromatic heterocycles. The van der Waals surface area contributed by atoms with E-state index in [0.29, 0.717) is 0 Å². The number of rotatable bonds is 1. The molecular formula is C7H19N2O2Pt-. The molecule has 0 amide bonds. The van der Waals surface area contributed by atoms with Crippen molar-refractivity contribution >= 4 is 0 Å². The van der Waals surface area contributed by atoms with E-state index in [4.69, 9.17) is 11.5 Å². The van der Waals surface area contributed by atoms with Crippen LogP contribution in [0.1, 0.15) is 32.1 Å². The summed E-state index contributed by atoms with van der Waals surface area (Å²) < 4.78 is 0. The van der Waals surface area contributed by atoms with Gasteiger partial charge in [-0.2, -0.15) is 12.8 Å². The molecule has 1 rings (SSSR count). The normalized spacial score (nSPS) is 17.2. The molecule has 1 saturated carbocycles. The minimum atomic E-state index is -0.148. The first kappa shape index (κ1) is 18.3. The van der Waals surface area contributed by atoms with E-state index >= 15 is 0 Å². The van der Waals surface area contributed by atoms with E-state index in [1.165, 1.54) is 25.2 Å². The third-order valence-electron chi connectivity index (χ3n) is 1.97. The molecule has 0 atom stereocenters. The van der Waals surface area contributed by atoms with E-state index in [1.807, 2.05) is 0 Å². The fraction of sp³-hybridized carbons (Fsp3) is 0.857. The summed E-state index contributed by atoms with van der Waals surface area (Å²) in [7, 11) is 0. The second-order valence-electron chi connectivity index (χ2n) is 2.74. The van der Waals surface area contributed by atoms with Gasteiger partial charge in [0.15, 0.2) is 0 Å². The molecule has 0 heterocycles. The minimum Gasteiger partial charge on any atom is -0.412 e. The molecule has 80 valence electrons. The first-order valence-corrected chi connectivity index (χ1v) is 3.66. The summed E-state index contributed by atoms with van der Waals surface area (Å²) in [5.41, 5.74) is 11.0. The predicted molar refractivity (Wildman–Crippen MR) is 45.7 cm³/mol. The van der Waals surface area contributed by atoms with Crippen molar-refractivity contribution < 1.29 is 32.0 Å². The van der Waals surface area contributed by atoms with Crippen LogP contribution in [0.25, 0.3) is 0 Å². The second kappa shape index (κ2) is 9.62. The maximum absolute atomic E-state index is 5.51. The van der Waals surface area contributed by atoms with Crippen LogP contribution >= 0.6 is 0 Å². The summed E-state index contributed by atoms with van der Waals surface area (Å²) in [6.07, 6.45) is 6.12. The van der Waals surface area contributed by atoms with E-state index in [-0.39, 0.29) is 38.2 Å². The average Bonchev–Trinajstić information content (AvgIpc) is 1.90. The summed E-state index contributed by atoms with van der Waals surface area (Å²) in [6, 6.07) is 0.